The molecule has 0 spiro atoms. The SMILES string of the molecule is CCn1c(=NC(=O)CSCC(=O)N2CCCC2)sc2cc(F)ccc21. The number of thioether (sulfide) groups is 1. The van der Waals surface area contributed by atoms with Crippen molar-refractivity contribution in [2.75, 3.05) is 24.6 Å². The maximum Gasteiger partial charge on any atom is 0.258 e. The summed E-state index contributed by atoms with van der Waals surface area (Å²) in [5, 5.41) is 0. The van der Waals surface area contributed by atoms with E-state index in [9.17, 15) is 14.0 Å². The van der Waals surface area contributed by atoms with Crippen LogP contribution in [0.15, 0.2) is 23.2 Å². The number of carbonyl (C=O) groups is 2. The van der Waals surface area contributed by atoms with Gasteiger partial charge in [0, 0.05) is 19.6 Å². The van der Waals surface area contributed by atoms with E-state index in [0.717, 1.165) is 36.1 Å². The molecule has 2 heterocycles. The Morgan fingerprint density at radius 3 is 2.76 bits per heavy atom. The van der Waals surface area contributed by atoms with E-state index in [0.29, 0.717) is 17.1 Å². The predicted molar refractivity (Wildman–Crippen MR) is 99.2 cm³/mol. The number of halogens is 1. The number of aromatic nitrogens is 1. The average Bonchev–Trinajstić information content (AvgIpc) is 3.21. The lowest BCUT2D eigenvalue weighted by Crippen LogP contribution is -2.29. The highest BCUT2D eigenvalue weighted by Crippen LogP contribution is 2.18. The summed E-state index contributed by atoms with van der Waals surface area (Å²) in [7, 11) is 0. The van der Waals surface area contributed by atoms with E-state index < -0.39 is 0 Å². The molecule has 0 aliphatic carbocycles. The molecule has 5 nitrogen and oxygen atoms in total. The lowest BCUT2D eigenvalue weighted by Gasteiger charge is -2.14. The van der Waals surface area contributed by atoms with Gasteiger partial charge in [-0.3, -0.25) is 9.59 Å². The summed E-state index contributed by atoms with van der Waals surface area (Å²) in [6, 6.07) is 4.57. The minimum Gasteiger partial charge on any atom is -0.342 e. The Labute approximate surface area is 153 Å². The number of likely N-dealkylation sites (tertiary alicyclic amines) is 1. The van der Waals surface area contributed by atoms with Crippen molar-refractivity contribution in [3.8, 4) is 0 Å². The molecule has 134 valence electrons. The summed E-state index contributed by atoms with van der Waals surface area (Å²) < 4.78 is 16.0. The Morgan fingerprint density at radius 2 is 2.04 bits per heavy atom. The van der Waals surface area contributed by atoms with Crippen LogP contribution < -0.4 is 4.80 Å². The molecule has 1 aromatic carbocycles. The van der Waals surface area contributed by atoms with E-state index in [4.69, 9.17) is 0 Å². The van der Waals surface area contributed by atoms with Crippen LogP contribution in [0.5, 0.6) is 0 Å². The van der Waals surface area contributed by atoms with Crippen molar-refractivity contribution in [1.29, 1.82) is 0 Å². The molecule has 0 atom stereocenters. The highest BCUT2D eigenvalue weighted by Gasteiger charge is 2.17. The molecule has 1 aromatic heterocycles. The van der Waals surface area contributed by atoms with Crippen LogP contribution in [0.1, 0.15) is 19.8 Å². The molecule has 0 radical (unpaired) electrons. The second kappa shape index (κ2) is 8.14. The van der Waals surface area contributed by atoms with Gasteiger partial charge in [0.05, 0.1) is 21.7 Å². The zero-order chi connectivity index (χ0) is 17.8. The Kier molecular flexibility index (Phi) is 5.90. The van der Waals surface area contributed by atoms with Crippen molar-refractivity contribution in [2.45, 2.75) is 26.3 Å². The predicted octanol–water partition coefficient (Wildman–Crippen LogP) is 2.64. The van der Waals surface area contributed by atoms with Gasteiger partial charge in [-0.25, -0.2) is 4.39 Å². The Balaban J connectivity index is 1.66. The van der Waals surface area contributed by atoms with Crippen molar-refractivity contribution in [3.63, 3.8) is 0 Å². The molecular weight excluding hydrogens is 361 g/mol. The lowest BCUT2D eigenvalue weighted by molar-refractivity contribution is -0.127. The van der Waals surface area contributed by atoms with Crippen LogP contribution in [0.2, 0.25) is 0 Å². The molecule has 0 saturated carbocycles. The van der Waals surface area contributed by atoms with Gasteiger partial charge in [0.15, 0.2) is 4.80 Å². The topological polar surface area (TPSA) is 54.7 Å². The monoisotopic (exact) mass is 381 g/mol. The zero-order valence-electron chi connectivity index (χ0n) is 14.0. The summed E-state index contributed by atoms with van der Waals surface area (Å²) in [6.45, 7) is 4.26. The second-order valence-electron chi connectivity index (χ2n) is 5.83. The van der Waals surface area contributed by atoms with Crippen LogP contribution >= 0.6 is 23.1 Å². The number of fused-ring (bicyclic) bond motifs is 1. The van der Waals surface area contributed by atoms with Crippen LogP contribution in [-0.4, -0.2) is 45.9 Å². The van der Waals surface area contributed by atoms with Crippen molar-refractivity contribution >= 4 is 45.1 Å². The number of amides is 2. The third-order valence-electron chi connectivity index (χ3n) is 4.09. The normalized spacial score (nSPS) is 15.3. The third kappa shape index (κ3) is 4.30. The highest BCUT2D eigenvalue weighted by molar-refractivity contribution is 8.00. The molecule has 8 heteroatoms. The van der Waals surface area contributed by atoms with Crippen molar-refractivity contribution in [1.82, 2.24) is 9.47 Å². The van der Waals surface area contributed by atoms with Gasteiger partial charge in [0.1, 0.15) is 5.82 Å². The molecule has 0 bridgehead atoms. The molecule has 1 saturated heterocycles. The lowest BCUT2D eigenvalue weighted by atomic mass is 10.3. The standard InChI is InChI=1S/C17H20FN3O2S2/c1-2-21-13-6-5-12(18)9-14(13)25-17(21)19-15(22)10-24-11-16(23)20-7-3-4-8-20/h5-6,9H,2-4,7-8,10-11H2,1H3. The van der Waals surface area contributed by atoms with E-state index >= 15 is 0 Å². The first-order chi connectivity index (χ1) is 12.1. The second-order valence-corrected chi connectivity index (χ2v) is 7.82. The molecule has 2 amide bonds. The highest BCUT2D eigenvalue weighted by atomic mass is 32.2. The smallest absolute Gasteiger partial charge is 0.258 e. The Morgan fingerprint density at radius 1 is 1.28 bits per heavy atom. The van der Waals surface area contributed by atoms with Gasteiger partial charge in [0.25, 0.3) is 5.91 Å². The van der Waals surface area contributed by atoms with E-state index in [1.165, 1.54) is 35.2 Å². The molecule has 2 aromatic rings. The average molecular weight is 381 g/mol. The van der Waals surface area contributed by atoms with Crippen LogP contribution in [-0.2, 0) is 16.1 Å². The molecule has 1 aliphatic heterocycles. The maximum absolute atomic E-state index is 13.4. The van der Waals surface area contributed by atoms with E-state index in [1.54, 1.807) is 6.07 Å². The molecule has 3 rings (SSSR count). The Bertz CT molecular complexity index is 853. The van der Waals surface area contributed by atoms with Crippen molar-refractivity contribution in [3.05, 3.63) is 28.8 Å². The van der Waals surface area contributed by atoms with Gasteiger partial charge >= 0.3 is 0 Å². The first kappa shape index (κ1) is 18.1. The summed E-state index contributed by atoms with van der Waals surface area (Å²) in [5.41, 5.74) is 0.873. The fourth-order valence-corrected chi connectivity index (χ4v) is 4.69. The van der Waals surface area contributed by atoms with Gasteiger partial charge in [-0.1, -0.05) is 11.3 Å². The number of benzene rings is 1. The number of rotatable bonds is 5. The van der Waals surface area contributed by atoms with E-state index in [1.807, 2.05) is 16.4 Å². The minimum absolute atomic E-state index is 0.0938. The number of thiazole rings is 1. The zero-order valence-corrected chi connectivity index (χ0v) is 15.7. The summed E-state index contributed by atoms with van der Waals surface area (Å²) in [4.78, 5) is 30.7. The van der Waals surface area contributed by atoms with Crippen molar-refractivity contribution < 1.29 is 14.0 Å². The van der Waals surface area contributed by atoms with Gasteiger partial charge in [0.2, 0.25) is 5.91 Å². The van der Waals surface area contributed by atoms with Gasteiger partial charge < -0.3 is 9.47 Å². The van der Waals surface area contributed by atoms with Gasteiger partial charge in [-0.2, -0.15) is 4.99 Å². The molecule has 1 fully saturated rings. The largest absolute Gasteiger partial charge is 0.342 e. The summed E-state index contributed by atoms with van der Waals surface area (Å²) in [6.07, 6.45) is 2.13. The minimum atomic E-state index is -0.300. The van der Waals surface area contributed by atoms with Crippen LogP contribution in [0.4, 0.5) is 4.39 Å². The third-order valence-corrected chi connectivity index (χ3v) is 6.03. The summed E-state index contributed by atoms with van der Waals surface area (Å²) in [5.74, 6) is 0.00836. The van der Waals surface area contributed by atoms with Crippen LogP contribution in [0.25, 0.3) is 10.2 Å². The number of carbonyl (C=O) groups excluding carboxylic acids is 2. The van der Waals surface area contributed by atoms with E-state index in [-0.39, 0.29) is 23.4 Å². The van der Waals surface area contributed by atoms with Gasteiger partial charge in [-0.15, -0.1) is 11.8 Å². The number of nitrogens with zero attached hydrogens (tertiary/aromatic N) is 3. The molecule has 25 heavy (non-hydrogen) atoms. The van der Waals surface area contributed by atoms with Crippen LogP contribution in [0, 0.1) is 5.82 Å². The quantitative estimate of drug-likeness (QED) is 0.800. The first-order valence-electron chi connectivity index (χ1n) is 8.30. The van der Waals surface area contributed by atoms with E-state index in [2.05, 4.69) is 4.99 Å². The number of hydrogen-bond acceptors (Lipinski definition) is 4. The molecular formula is C17H20FN3O2S2. The van der Waals surface area contributed by atoms with Gasteiger partial charge in [-0.05, 0) is 38.0 Å². The van der Waals surface area contributed by atoms with Crippen LogP contribution in [0.3, 0.4) is 0 Å². The fraction of sp³-hybridized carbons (Fsp3) is 0.471. The Hall–Kier alpha value is -1.67. The van der Waals surface area contributed by atoms with Crippen molar-refractivity contribution in [2.24, 2.45) is 4.99 Å². The molecule has 0 N–H and O–H groups in total. The fourth-order valence-electron chi connectivity index (χ4n) is 2.86. The summed E-state index contributed by atoms with van der Waals surface area (Å²) >= 11 is 2.60. The molecule has 1 aliphatic rings. The first-order valence-corrected chi connectivity index (χ1v) is 10.3. The molecule has 0 unspecified atom stereocenters. The number of aryl methyl sites for hydroxylation is 1. The number of hydrogen-bond donors (Lipinski definition) is 0. The maximum atomic E-state index is 13.4.